The Hall–Kier alpha value is -1.07. The van der Waals surface area contributed by atoms with Crippen molar-refractivity contribution < 1.29 is 9.50 Å². The van der Waals surface area contributed by atoms with Crippen molar-refractivity contribution in [2.75, 3.05) is 0 Å². The highest BCUT2D eigenvalue weighted by Crippen LogP contribution is 2.23. The van der Waals surface area contributed by atoms with Gasteiger partial charge in [-0.15, -0.1) is 0 Å². The number of amidine groups is 1. The minimum atomic E-state index is -0.440. The summed E-state index contributed by atoms with van der Waals surface area (Å²) in [7, 11) is 0. The summed E-state index contributed by atoms with van der Waals surface area (Å²) in [5, 5.41) is 16.6. The number of halogens is 1. The fraction of sp³-hybridized carbons (Fsp3) is 0.417. The van der Waals surface area contributed by atoms with Crippen LogP contribution in [-0.2, 0) is 5.75 Å². The Bertz CT molecular complexity index is 409. The van der Waals surface area contributed by atoms with E-state index < -0.39 is 11.9 Å². The third-order valence-electron chi connectivity index (χ3n) is 2.55. The Kier molecular flexibility index (Phi) is 4.96. The number of thioether (sulfide) groups is 1. The van der Waals surface area contributed by atoms with Gasteiger partial charge in [0.05, 0.1) is 11.7 Å². The average molecular weight is 256 g/mol. The van der Waals surface area contributed by atoms with Crippen molar-refractivity contribution in [3.8, 4) is 0 Å². The van der Waals surface area contributed by atoms with Crippen molar-refractivity contribution >= 4 is 17.6 Å². The number of rotatable bonds is 5. The minimum absolute atomic E-state index is 0.0374. The Morgan fingerprint density at radius 1 is 1.53 bits per heavy atom. The van der Waals surface area contributed by atoms with Gasteiger partial charge >= 0.3 is 0 Å². The highest BCUT2D eigenvalue weighted by molar-refractivity contribution is 7.99. The topological polar surface area (TPSA) is 70.1 Å². The molecule has 0 aliphatic rings. The molecule has 0 spiro atoms. The first-order valence-electron chi connectivity index (χ1n) is 5.35. The molecule has 0 saturated carbocycles. The van der Waals surface area contributed by atoms with Gasteiger partial charge in [-0.2, -0.15) is 11.8 Å². The standard InChI is InChI=1S/C12H17FN2OS/c1-7(16)8(2)17-6-9-4-3-5-10(11(9)13)12(14)15/h3-5,7-8,16H,6H2,1-2H3,(H3,14,15). The molecule has 2 unspecified atom stereocenters. The largest absolute Gasteiger partial charge is 0.392 e. The molecule has 94 valence electrons. The van der Waals surface area contributed by atoms with Crippen molar-refractivity contribution in [3.05, 3.63) is 35.1 Å². The van der Waals surface area contributed by atoms with Crippen LogP contribution in [0.2, 0.25) is 0 Å². The van der Waals surface area contributed by atoms with Gasteiger partial charge < -0.3 is 10.8 Å². The molecule has 0 aromatic heterocycles. The number of nitrogen functional groups attached to an aromatic ring is 1. The molecule has 17 heavy (non-hydrogen) atoms. The molecule has 0 saturated heterocycles. The molecule has 0 aliphatic heterocycles. The molecule has 0 bridgehead atoms. The summed E-state index contributed by atoms with van der Waals surface area (Å²) in [5.41, 5.74) is 5.93. The summed E-state index contributed by atoms with van der Waals surface area (Å²) in [6, 6.07) is 4.84. The Balaban J connectivity index is 2.79. The van der Waals surface area contributed by atoms with Gasteiger partial charge in [-0.3, -0.25) is 5.41 Å². The van der Waals surface area contributed by atoms with Gasteiger partial charge in [0.2, 0.25) is 0 Å². The van der Waals surface area contributed by atoms with Gasteiger partial charge in [-0.05, 0) is 18.6 Å². The number of aliphatic hydroxyl groups is 1. The summed E-state index contributed by atoms with van der Waals surface area (Å²) < 4.78 is 13.9. The molecule has 0 heterocycles. The summed E-state index contributed by atoms with van der Waals surface area (Å²) in [6.07, 6.45) is -0.431. The van der Waals surface area contributed by atoms with Crippen LogP contribution in [0.5, 0.6) is 0 Å². The lowest BCUT2D eigenvalue weighted by molar-refractivity contribution is 0.196. The van der Waals surface area contributed by atoms with Crippen LogP contribution >= 0.6 is 11.8 Å². The van der Waals surface area contributed by atoms with Crippen LogP contribution in [0.25, 0.3) is 0 Å². The number of benzene rings is 1. The van der Waals surface area contributed by atoms with Crippen LogP contribution in [0.3, 0.4) is 0 Å². The Labute approximate surface area is 105 Å². The zero-order valence-electron chi connectivity index (χ0n) is 9.90. The summed E-state index contributed by atoms with van der Waals surface area (Å²) in [5.74, 6) is -0.248. The van der Waals surface area contributed by atoms with E-state index in [0.717, 1.165) is 0 Å². The highest BCUT2D eigenvalue weighted by Gasteiger charge is 2.13. The van der Waals surface area contributed by atoms with Gasteiger partial charge in [-0.25, -0.2) is 4.39 Å². The maximum absolute atomic E-state index is 13.9. The van der Waals surface area contributed by atoms with Gasteiger partial charge in [0.15, 0.2) is 0 Å². The van der Waals surface area contributed by atoms with Crippen LogP contribution in [-0.4, -0.2) is 22.3 Å². The number of hydrogen-bond acceptors (Lipinski definition) is 3. The lowest BCUT2D eigenvalue weighted by atomic mass is 10.1. The Morgan fingerprint density at radius 3 is 2.71 bits per heavy atom. The van der Waals surface area contributed by atoms with Gasteiger partial charge in [-0.1, -0.05) is 19.1 Å². The van der Waals surface area contributed by atoms with Gasteiger partial charge in [0.1, 0.15) is 11.7 Å². The van der Waals surface area contributed by atoms with E-state index in [1.54, 1.807) is 19.1 Å². The lowest BCUT2D eigenvalue weighted by Gasteiger charge is -2.14. The first-order valence-corrected chi connectivity index (χ1v) is 6.39. The predicted molar refractivity (Wildman–Crippen MR) is 69.9 cm³/mol. The molecule has 1 aromatic rings. The zero-order valence-corrected chi connectivity index (χ0v) is 10.7. The van der Waals surface area contributed by atoms with Crippen LogP contribution < -0.4 is 5.73 Å². The van der Waals surface area contributed by atoms with E-state index in [1.165, 1.54) is 17.8 Å². The third kappa shape index (κ3) is 3.71. The van der Waals surface area contributed by atoms with E-state index in [1.807, 2.05) is 6.92 Å². The van der Waals surface area contributed by atoms with Crippen molar-refractivity contribution in [1.82, 2.24) is 0 Å². The molecule has 3 nitrogen and oxygen atoms in total. The Morgan fingerprint density at radius 2 is 2.18 bits per heavy atom. The van der Waals surface area contributed by atoms with Gasteiger partial charge in [0.25, 0.3) is 0 Å². The monoisotopic (exact) mass is 256 g/mol. The second-order valence-corrected chi connectivity index (χ2v) is 5.31. The van der Waals surface area contributed by atoms with E-state index in [9.17, 15) is 9.50 Å². The fourth-order valence-corrected chi connectivity index (χ4v) is 2.20. The lowest BCUT2D eigenvalue weighted by Crippen LogP contribution is -2.16. The van der Waals surface area contributed by atoms with E-state index in [4.69, 9.17) is 11.1 Å². The molecule has 0 fully saturated rings. The molecule has 0 amide bonds. The molecule has 1 rings (SSSR count). The molecule has 1 aromatic carbocycles. The molecule has 2 atom stereocenters. The smallest absolute Gasteiger partial charge is 0.138 e. The first-order chi connectivity index (χ1) is 7.93. The van der Waals surface area contributed by atoms with E-state index in [-0.39, 0.29) is 16.6 Å². The van der Waals surface area contributed by atoms with Crippen molar-refractivity contribution in [2.45, 2.75) is 31.0 Å². The fourth-order valence-electron chi connectivity index (χ4n) is 1.26. The van der Waals surface area contributed by atoms with Crippen molar-refractivity contribution in [3.63, 3.8) is 0 Å². The highest BCUT2D eigenvalue weighted by atomic mass is 32.2. The van der Waals surface area contributed by atoms with E-state index >= 15 is 0 Å². The van der Waals surface area contributed by atoms with Crippen LogP contribution in [0, 0.1) is 11.2 Å². The molecule has 0 radical (unpaired) electrons. The minimum Gasteiger partial charge on any atom is -0.392 e. The molecular formula is C12H17FN2OS. The normalized spacial score (nSPS) is 14.4. The molecule has 4 N–H and O–H groups in total. The van der Waals surface area contributed by atoms with E-state index in [0.29, 0.717) is 11.3 Å². The number of hydrogen-bond donors (Lipinski definition) is 3. The van der Waals surface area contributed by atoms with E-state index in [2.05, 4.69) is 0 Å². The number of nitrogens with one attached hydrogen (secondary N) is 1. The maximum atomic E-state index is 13.9. The van der Waals surface area contributed by atoms with Crippen LogP contribution in [0.1, 0.15) is 25.0 Å². The quantitative estimate of drug-likeness (QED) is 0.558. The zero-order chi connectivity index (χ0) is 13.0. The van der Waals surface area contributed by atoms with Crippen LogP contribution in [0.4, 0.5) is 4.39 Å². The second-order valence-electron chi connectivity index (χ2n) is 3.95. The number of aliphatic hydroxyl groups excluding tert-OH is 1. The third-order valence-corrected chi connectivity index (χ3v) is 3.95. The average Bonchev–Trinajstić information content (AvgIpc) is 2.26. The van der Waals surface area contributed by atoms with Crippen LogP contribution in [0.15, 0.2) is 18.2 Å². The molecular weight excluding hydrogens is 239 g/mol. The summed E-state index contributed by atoms with van der Waals surface area (Å²) in [6.45, 7) is 3.60. The van der Waals surface area contributed by atoms with Crippen molar-refractivity contribution in [2.24, 2.45) is 5.73 Å². The number of nitrogens with two attached hydrogens (primary N) is 1. The summed E-state index contributed by atoms with van der Waals surface area (Å²) in [4.78, 5) is 0. The summed E-state index contributed by atoms with van der Waals surface area (Å²) >= 11 is 1.47. The van der Waals surface area contributed by atoms with Gasteiger partial charge in [0, 0.05) is 11.0 Å². The maximum Gasteiger partial charge on any atom is 0.138 e. The molecule has 0 aliphatic carbocycles. The molecule has 5 heteroatoms. The van der Waals surface area contributed by atoms with Crippen molar-refractivity contribution in [1.29, 1.82) is 5.41 Å². The SMILES string of the molecule is CC(O)C(C)SCc1cccc(C(=N)N)c1F. The second kappa shape index (κ2) is 6.02. The first kappa shape index (κ1) is 14.0. The predicted octanol–water partition coefficient (Wildman–Crippen LogP) is 2.11.